The van der Waals surface area contributed by atoms with Crippen molar-refractivity contribution in [2.75, 3.05) is 31.4 Å². The number of hydrogen-bond acceptors (Lipinski definition) is 4. The molecule has 0 unspecified atom stereocenters. The average Bonchev–Trinajstić information content (AvgIpc) is 2.61. The maximum atomic E-state index is 12.7. The van der Waals surface area contributed by atoms with E-state index in [4.69, 9.17) is 9.47 Å². The van der Waals surface area contributed by atoms with Crippen molar-refractivity contribution in [3.8, 4) is 11.5 Å². The van der Waals surface area contributed by atoms with Crippen LogP contribution in [-0.2, 0) is 11.0 Å². The molecular formula is C18H19F3N2O3. The van der Waals surface area contributed by atoms with Crippen molar-refractivity contribution in [2.24, 2.45) is 0 Å². The van der Waals surface area contributed by atoms with E-state index in [2.05, 4.69) is 10.6 Å². The molecule has 2 N–H and O–H groups in total. The molecule has 26 heavy (non-hydrogen) atoms. The van der Waals surface area contributed by atoms with Crippen LogP contribution in [0.1, 0.15) is 12.0 Å². The molecule has 140 valence electrons. The van der Waals surface area contributed by atoms with E-state index in [9.17, 15) is 18.0 Å². The molecule has 0 radical (unpaired) electrons. The number of carbonyl (C=O) groups excluding carboxylic acids is 1. The molecule has 0 atom stereocenters. The van der Waals surface area contributed by atoms with Crippen molar-refractivity contribution in [1.82, 2.24) is 0 Å². The summed E-state index contributed by atoms with van der Waals surface area (Å²) in [5.41, 5.74) is -0.0583. The monoisotopic (exact) mass is 368 g/mol. The van der Waals surface area contributed by atoms with Gasteiger partial charge in [-0.1, -0.05) is 6.07 Å². The third-order valence-electron chi connectivity index (χ3n) is 3.55. The third kappa shape index (κ3) is 5.30. The fourth-order valence-electron chi connectivity index (χ4n) is 2.26. The van der Waals surface area contributed by atoms with Crippen LogP contribution in [0.5, 0.6) is 11.5 Å². The summed E-state index contributed by atoms with van der Waals surface area (Å²) in [6, 6.07) is 9.70. The van der Waals surface area contributed by atoms with Gasteiger partial charge in [0.25, 0.3) is 0 Å². The molecule has 5 nitrogen and oxygen atoms in total. The van der Waals surface area contributed by atoms with Crippen molar-refractivity contribution in [1.29, 1.82) is 0 Å². The van der Waals surface area contributed by atoms with E-state index in [0.29, 0.717) is 17.2 Å². The van der Waals surface area contributed by atoms with Gasteiger partial charge in [0, 0.05) is 24.7 Å². The summed E-state index contributed by atoms with van der Waals surface area (Å²) in [5, 5.41) is 5.50. The Balaban J connectivity index is 1.92. The van der Waals surface area contributed by atoms with E-state index in [-0.39, 0.29) is 18.7 Å². The Kier molecular flexibility index (Phi) is 6.32. The Hall–Kier alpha value is -2.90. The highest BCUT2D eigenvalue weighted by Gasteiger charge is 2.30. The average molecular weight is 368 g/mol. The van der Waals surface area contributed by atoms with Gasteiger partial charge in [-0.05, 0) is 30.3 Å². The molecule has 2 aromatic rings. The molecule has 1 amide bonds. The number of nitrogens with one attached hydrogen (secondary N) is 2. The van der Waals surface area contributed by atoms with Crippen LogP contribution in [0.25, 0.3) is 0 Å². The quantitative estimate of drug-likeness (QED) is 0.770. The highest BCUT2D eigenvalue weighted by Crippen LogP contribution is 2.31. The van der Waals surface area contributed by atoms with Gasteiger partial charge < -0.3 is 20.1 Å². The molecule has 0 saturated carbocycles. The molecule has 0 spiro atoms. The Labute approximate surface area is 149 Å². The molecule has 8 heteroatoms. The zero-order valence-electron chi connectivity index (χ0n) is 14.3. The smallest absolute Gasteiger partial charge is 0.416 e. The molecule has 0 aliphatic carbocycles. The summed E-state index contributed by atoms with van der Waals surface area (Å²) in [4.78, 5) is 12.0. The summed E-state index contributed by atoms with van der Waals surface area (Å²) in [6.07, 6.45) is -4.39. The fourth-order valence-corrected chi connectivity index (χ4v) is 2.26. The van der Waals surface area contributed by atoms with Crippen LogP contribution in [-0.4, -0.2) is 26.7 Å². The maximum Gasteiger partial charge on any atom is 0.416 e. The first-order valence-electron chi connectivity index (χ1n) is 7.76. The third-order valence-corrected chi connectivity index (χ3v) is 3.55. The molecule has 0 heterocycles. The fraction of sp³-hybridized carbons (Fsp3) is 0.278. The number of benzene rings is 2. The van der Waals surface area contributed by atoms with Gasteiger partial charge >= 0.3 is 6.18 Å². The van der Waals surface area contributed by atoms with Crippen molar-refractivity contribution < 1.29 is 27.4 Å². The minimum Gasteiger partial charge on any atom is -0.497 e. The van der Waals surface area contributed by atoms with Crippen LogP contribution in [0.4, 0.5) is 24.5 Å². The van der Waals surface area contributed by atoms with Crippen LogP contribution >= 0.6 is 0 Å². The number of carbonyl (C=O) groups is 1. The number of ether oxygens (including phenoxy) is 2. The van der Waals surface area contributed by atoms with Gasteiger partial charge in [-0.2, -0.15) is 13.2 Å². The van der Waals surface area contributed by atoms with E-state index < -0.39 is 17.6 Å². The minimum absolute atomic E-state index is 0.0661. The summed E-state index contributed by atoms with van der Waals surface area (Å²) in [5.74, 6) is 0.810. The first kappa shape index (κ1) is 19.4. The molecule has 0 aromatic heterocycles. The van der Waals surface area contributed by atoms with Gasteiger partial charge in [-0.3, -0.25) is 4.79 Å². The van der Waals surface area contributed by atoms with E-state index in [1.807, 2.05) is 0 Å². The zero-order chi connectivity index (χ0) is 19.2. The number of hydrogen-bond donors (Lipinski definition) is 2. The van der Waals surface area contributed by atoms with Crippen LogP contribution < -0.4 is 20.1 Å². The highest BCUT2D eigenvalue weighted by atomic mass is 19.4. The van der Waals surface area contributed by atoms with Crippen molar-refractivity contribution in [3.05, 3.63) is 48.0 Å². The predicted molar refractivity (Wildman–Crippen MR) is 92.7 cm³/mol. The summed E-state index contributed by atoms with van der Waals surface area (Å²) in [6.45, 7) is 0.272. The van der Waals surface area contributed by atoms with Crippen LogP contribution in [0.3, 0.4) is 0 Å². The van der Waals surface area contributed by atoms with E-state index in [1.165, 1.54) is 26.4 Å². The number of alkyl halides is 3. The minimum atomic E-state index is -4.45. The van der Waals surface area contributed by atoms with E-state index >= 15 is 0 Å². The number of amides is 1. The lowest BCUT2D eigenvalue weighted by Gasteiger charge is -2.13. The SMILES string of the molecule is COc1ccc(OC)c(NCCC(=O)Nc2cccc(C(F)(F)F)c2)c1. The van der Waals surface area contributed by atoms with Gasteiger partial charge in [0.15, 0.2) is 0 Å². The highest BCUT2D eigenvalue weighted by molar-refractivity contribution is 5.91. The van der Waals surface area contributed by atoms with Gasteiger partial charge in [-0.25, -0.2) is 0 Å². The number of halogens is 3. The van der Waals surface area contributed by atoms with Crippen molar-refractivity contribution in [2.45, 2.75) is 12.6 Å². The number of methoxy groups -OCH3 is 2. The Morgan fingerprint density at radius 3 is 2.50 bits per heavy atom. The summed E-state index contributed by atoms with van der Waals surface area (Å²) >= 11 is 0. The molecule has 0 saturated heterocycles. The molecule has 2 aromatic carbocycles. The molecular weight excluding hydrogens is 349 g/mol. The molecule has 0 aliphatic heterocycles. The van der Waals surface area contributed by atoms with Crippen molar-refractivity contribution >= 4 is 17.3 Å². The summed E-state index contributed by atoms with van der Waals surface area (Å²) < 4.78 is 48.4. The van der Waals surface area contributed by atoms with Crippen LogP contribution in [0.2, 0.25) is 0 Å². The molecule has 2 rings (SSSR count). The second-order valence-corrected chi connectivity index (χ2v) is 5.37. The molecule has 0 fully saturated rings. The van der Waals surface area contributed by atoms with Crippen LogP contribution in [0.15, 0.2) is 42.5 Å². The number of anilines is 2. The molecule has 0 bridgehead atoms. The van der Waals surface area contributed by atoms with Gasteiger partial charge in [0.2, 0.25) is 5.91 Å². The second kappa shape index (κ2) is 8.46. The molecule has 0 aliphatic rings. The maximum absolute atomic E-state index is 12.7. The Bertz CT molecular complexity index is 764. The van der Waals surface area contributed by atoms with Crippen LogP contribution in [0, 0.1) is 0 Å². The van der Waals surface area contributed by atoms with E-state index in [1.54, 1.807) is 18.2 Å². The predicted octanol–water partition coefficient (Wildman–Crippen LogP) is 4.16. The normalized spacial score (nSPS) is 11.0. The Morgan fingerprint density at radius 1 is 1.08 bits per heavy atom. The topological polar surface area (TPSA) is 59.6 Å². The van der Waals surface area contributed by atoms with Crippen molar-refractivity contribution in [3.63, 3.8) is 0 Å². The van der Waals surface area contributed by atoms with Gasteiger partial charge in [0.05, 0.1) is 25.5 Å². The Morgan fingerprint density at radius 2 is 1.85 bits per heavy atom. The lowest BCUT2D eigenvalue weighted by Crippen LogP contribution is -2.17. The largest absolute Gasteiger partial charge is 0.497 e. The van der Waals surface area contributed by atoms with Gasteiger partial charge in [-0.15, -0.1) is 0 Å². The first-order chi connectivity index (χ1) is 12.3. The van der Waals surface area contributed by atoms with E-state index in [0.717, 1.165) is 12.1 Å². The summed E-state index contributed by atoms with van der Waals surface area (Å²) in [7, 11) is 3.06. The lowest BCUT2D eigenvalue weighted by atomic mass is 10.2. The zero-order valence-corrected chi connectivity index (χ0v) is 14.3. The number of rotatable bonds is 7. The van der Waals surface area contributed by atoms with Gasteiger partial charge in [0.1, 0.15) is 11.5 Å². The lowest BCUT2D eigenvalue weighted by molar-refractivity contribution is -0.137. The first-order valence-corrected chi connectivity index (χ1v) is 7.76. The second-order valence-electron chi connectivity index (χ2n) is 5.37. The standard InChI is InChI=1S/C18H19F3N2O3/c1-25-14-6-7-16(26-2)15(11-14)22-9-8-17(24)23-13-5-3-4-12(10-13)18(19,20)21/h3-7,10-11,22H,8-9H2,1-2H3,(H,23,24).